The van der Waals surface area contributed by atoms with Gasteiger partial charge in [-0.05, 0) is 44.0 Å². The van der Waals surface area contributed by atoms with Crippen LogP contribution in [0.15, 0.2) is 47.6 Å². The number of benzene rings is 1. The summed E-state index contributed by atoms with van der Waals surface area (Å²) in [6, 6.07) is 14.0. The monoisotopic (exact) mass is 355 g/mol. The van der Waals surface area contributed by atoms with Gasteiger partial charge < -0.3 is 0 Å². The Labute approximate surface area is 148 Å². The molecule has 2 heterocycles. The molecule has 0 radical (unpaired) electrons. The predicted octanol–water partition coefficient (Wildman–Crippen LogP) is 4.49. The molecule has 0 spiro atoms. The molecule has 0 saturated heterocycles. The first-order chi connectivity index (χ1) is 11.7. The Morgan fingerprint density at radius 3 is 2.71 bits per heavy atom. The first-order valence-electron chi connectivity index (χ1n) is 7.95. The molecule has 0 bridgehead atoms. The minimum absolute atomic E-state index is 0.141. The quantitative estimate of drug-likeness (QED) is 0.483. The summed E-state index contributed by atoms with van der Waals surface area (Å²) >= 11 is 2.96. The molecule has 6 heteroatoms. The van der Waals surface area contributed by atoms with Gasteiger partial charge in [0.2, 0.25) is 5.16 Å². The summed E-state index contributed by atoms with van der Waals surface area (Å²) in [5.74, 6) is 2.04. The second-order valence-electron chi connectivity index (χ2n) is 5.90. The van der Waals surface area contributed by atoms with Crippen molar-refractivity contribution < 1.29 is 4.79 Å². The molecule has 0 atom stereocenters. The van der Waals surface area contributed by atoms with Gasteiger partial charge >= 0.3 is 0 Å². The zero-order chi connectivity index (χ0) is 16.5. The number of rotatable bonds is 6. The highest BCUT2D eigenvalue weighted by atomic mass is 32.2. The van der Waals surface area contributed by atoms with Gasteiger partial charge in [-0.3, -0.25) is 4.79 Å². The Morgan fingerprint density at radius 2 is 2.04 bits per heavy atom. The number of aromatic nitrogens is 3. The summed E-state index contributed by atoms with van der Waals surface area (Å²) in [5, 5.41) is 5.31. The van der Waals surface area contributed by atoms with Crippen LogP contribution in [0.2, 0.25) is 0 Å². The third-order valence-electron chi connectivity index (χ3n) is 3.90. The van der Waals surface area contributed by atoms with Crippen molar-refractivity contribution >= 4 is 28.9 Å². The van der Waals surface area contributed by atoms with Crippen LogP contribution >= 0.6 is 23.1 Å². The van der Waals surface area contributed by atoms with Crippen LogP contribution in [0.3, 0.4) is 0 Å². The number of hydrogen-bond donors (Lipinski definition) is 0. The van der Waals surface area contributed by atoms with Crippen LogP contribution in [0.1, 0.15) is 39.1 Å². The average molecular weight is 355 g/mol. The summed E-state index contributed by atoms with van der Waals surface area (Å²) in [6.45, 7) is 2.01. The Balaban J connectivity index is 1.53. The molecule has 3 aromatic rings. The number of para-hydroxylation sites is 1. The molecule has 0 aliphatic heterocycles. The molecule has 1 aliphatic rings. The number of ketones is 1. The lowest BCUT2D eigenvalue weighted by Crippen LogP contribution is -2.01. The number of aryl methyl sites for hydroxylation is 1. The molecule has 4 rings (SSSR count). The molecule has 1 saturated carbocycles. The first kappa shape index (κ1) is 15.6. The molecule has 0 unspecified atom stereocenters. The molecular weight excluding hydrogens is 338 g/mol. The minimum atomic E-state index is 0.141. The summed E-state index contributed by atoms with van der Waals surface area (Å²) in [7, 11) is 0. The van der Waals surface area contributed by atoms with E-state index in [4.69, 9.17) is 0 Å². The molecule has 122 valence electrons. The van der Waals surface area contributed by atoms with E-state index >= 15 is 0 Å². The molecule has 2 aromatic heterocycles. The second-order valence-corrected chi connectivity index (χ2v) is 8.13. The molecule has 1 aliphatic carbocycles. The summed E-state index contributed by atoms with van der Waals surface area (Å²) in [6.07, 6.45) is 2.34. The SMILES string of the molecule is Cc1ccc(C(=O)CSc2nc(C3CC3)n(-c3ccccc3)n2)s1. The Bertz CT molecular complexity index is 866. The number of carbonyl (C=O) groups excluding carboxylic acids is 1. The normalized spacial score (nSPS) is 14.0. The summed E-state index contributed by atoms with van der Waals surface area (Å²) in [4.78, 5) is 18.9. The Hall–Kier alpha value is -1.92. The lowest BCUT2D eigenvalue weighted by atomic mass is 10.3. The number of nitrogens with zero attached hydrogens (tertiary/aromatic N) is 3. The zero-order valence-corrected chi connectivity index (χ0v) is 14.9. The largest absolute Gasteiger partial charge is 0.292 e. The van der Waals surface area contributed by atoms with E-state index < -0.39 is 0 Å². The second kappa shape index (κ2) is 6.53. The van der Waals surface area contributed by atoms with Crippen LogP contribution < -0.4 is 0 Å². The fourth-order valence-electron chi connectivity index (χ4n) is 2.52. The zero-order valence-electron chi connectivity index (χ0n) is 13.3. The van der Waals surface area contributed by atoms with Gasteiger partial charge in [-0.1, -0.05) is 30.0 Å². The van der Waals surface area contributed by atoms with E-state index in [1.807, 2.05) is 54.1 Å². The van der Waals surface area contributed by atoms with Crippen LogP contribution in [-0.2, 0) is 0 Å². The van der Waals surface area contributed by atoms with Crippen molar-refractivity contribution in [3.63, 3.8) is 0 Å². The van der Waals surface area contributed by atoms with E-state index in [1.165, 1.54) is 24.6 Å². The van der Waals surface area contributed by atoms with Gasteiger partial charge in [0.25, 0.3) is 0 Å². The minimum Gasteiger partial charge on any atom is -0.292 e. The van der Waals surface area contributed by atoms with Gasteiger partial charge in [0.1, 0.15) is 5.82 Å². The molecule has 24 heavy (non-hydrogen) atoms. The average Bonchev–Trinajstić information content (AvgIpc) is 3.21. The van der Waals surface area contributed by atoms with Crippen LogP contribution in [-0.4, -0.2) is 26.3 Å². The number of Topliss-reactive ketones (excluding diaryl/α,β-unsaturated/α-hetero) is 1. The number of hydrogen-bond acceptors (Lipinski definition) is 5. The van der Waals surface area contributed by atoms with Crippen molar-refractivity contribution in [3.05, 3.63) is 58.0 Å². The van der Waals surface area contributed by atoms with Gasteiger partial charge in [0.15, 0.2) is 5.78 Å². The van der Waals surface area contributed by atoms with E-state index in [2.05, 4.69) is 10.1 Å². The molecule has 1 fully saturated rings. The highest BCUT2D eigenvalue weighted by Crippen LogP contribution is 2.40. The van der Waals surface area contributed by atoms with Gasteiger partial charge in [-0.15, -0.1) is 16.4 Å². The Morgan fingerprint density at radius 1 is 1.25 bits per heavy atom. The van der Waals surface area contributed by atoms with Crippen LogP contribution in [0.4, 0.5) is 0 Å². The van der Waals surface area contributed by atoms with Gasteiger partial charge in [0.05, 0.1) is 16.3 Å². The smallest absolute Gasteiger partial charge is 0.209 e. The maximum absolute atomic E-state index is 12.3. The lowest BCUT2D eigenvalue weighted by Gasteiger charge is -2.03. The Kier molecular flexibility index (Phi) is 4.24. The number of carbonyl (C=O) groups is 1. The van der Waals surface area contributed by atoms with Crippen molar-refractivity contribution in [2.24, 2.45) is 0 Å². The number of thioether (sulfide) groups is 1. The van der Waals surface area contributed by atoms with Crippen molar-refractivity contribution in [1.29, 1.82) is 0 Å². The highest BCUT2D eigenvalue weighted by Gasteiger charge is 2.30. The van der Waals surface area contributed by atoms with Crippen molar-refractivity contribution in [3.8, 4) is 5.69 Å². The third kappa shape index (κ3) is 3.30. The molecular formula is C18H17N3OS2. The van der Waals surface area contributed by atoms with E-state index in [-0.39, 0.29) is 5.78 Å². The van der Waals surface area contributed by atoms with Crippen LogP contribution in [0, 0.1) is 6.92 Å². The highest BCUT2D eigenvalue weighted by molar-refractivity contribution is 7.99. The summed E-state index contributed by atoms with van der Waals surface area (Å²) < 4.78 is 1.93. The third-order valence-corrected chi connectivity index (χ3v) is 5.78. The predicted molar refractivity (Wildman–Crippen MR) is 97.4 cm³/mol. The molecule has 4 nitrogen and oxygen atoms in total. The lowest BCUT2D eigenvalue weighted by molar-refractivity contribution is 0.102. The maximum Gasteiger partial charge on any atom is 0.209 e. The van der Waals surface area contributed by atoms with Crippen molar-refractivity contribution in [1.82, 2.24) is 14.8 Å². The topological polar surface area (TPSA) is 47.8 Å². The van der Waals surface area contributed by atoms with E-state index in [1.54, 1.807) is 11.3 Å². The fourth-order valence-corrected chi connectivity index (χ4v) is 4.13. The summed E-state index contributed by atoms with van der Waals surface area (Å²) in [5.41, 5.74) is 1.03. The van der Waals surface area contributed by atoms with Gasteiger partial charge in [0, 0.05) is 10.8 Å². The van der Waals surface area contributed by atoms with Crippen molar-refractivity contribution in [2.75, 3.05) is 5.75 Å². The van der Waals surface area contributed by atoms with Gasteiger partial charge in [-0.2, -0.15) is 0 Å². The van der Waals surface area contributed by atoms with Crippen molar-refractivity contribution in [2.45, 2.75) is 30.8 Å². The number of thiophene rings is 1. The fraction of sp³-hybridized carbons (Fsp3) is 0.278. The molecule has 1 aromatic carbocycles. The first-order valence-corrected chi connectivity index (χ1v) is 9.76. The van der Waals surface area contributed by atoms with E-state index in [9.17, 15) is 4.79 Å². The maximum atomic E-state index is 12.3. The van der Waals surface area contributed by atoms with Gasteiger partial charge in [-0.25, -0.2) is 9.67 Å². The standard InChI is InChI=1S/C18H17N3OS2/c1-12-7-10-16(24-12)15(22)11-23-18-19-17(13-8-9-13)21(20-18)14-5-3-2-4-6-14/h2-7,10,13H,8-9,11H2,1H3. The van der Waals surface area contributed by atoms with Crippen LogP contribution in [0.5, 0.6) is 0 Å². The molecule has 0 N–H and O–H groups in total. The van der Waals surface area contributed by atoms with E-state index in [0.29, 0.717) is 16.8 Å². The van der Waals surface area contributed by atoms with Crippen LogP contribution in [0.25, 0.3) is 5.69 Å². The molecule has 0 amide bonds. The van der Waals surface area contributed by atoms with E-state index in [0.717, 1.165) is 21.3 Å².